The molecule has 0 aromatic carbocycles. The predicted octanol–water partition coefficient (Wildman–Crippen LogP) is 1.77. The van der Waals surface area contributed by atoms with Gasteiger partial charge in [-0.15, -0.1) is 0 Å². The zero-order valence-electron chi connectivity index (χ0n) is 12.7. The Kier molecular flexibility index (Phi) is 4.93. The quantitative estimate of drug-likeness (QED) is 0.770. The van der Waals surface area contributed by atoms with Crippen LogP contribution in [0.4, 0.5) is 0 Å². The van der Waals surface area contributed by atoms with Crippen LogP contribution in [0.15, 0.2) is 4.52 Å². The van der Waals surface area contributed by atoms with Crippen molar-refractivity contribution in [3.05, 3.63) is 11.7 Å². The molecule has 0 N–H and O–H groups in total. The Hall–Kier alpha value is -1.92. The van der Waals surface area contributed by atoms with E-state index in [1.54, 1.807) is 18.7 Å². The zero-order chi connectivity index (χ0) is 15.4. The number of nitrogens with zero attached hydrogens (tertiary/aromatic N) is 3. The van der Waals surface area contributed by atoms with Crippen LogP contribution in [0.3, 0.4) is 0 Å². The lowest BCUT2D eigenvalue weighted by atomic mass is 10.2. The predicted molar refractivity (Wildman–Crippen MR) is 73.2 cm³/mol. The molecule has 1 aliphatic rings. The van der Waals surface area contributed by atoms with Gasteiger partial charge in [0.15, 0.2) is 11.9 Å². The number of esters is 1. The summed E-state index contributed by atoms with van der Waals surface area (Å²) in [5.41, 5.74) is 0. The van der Waals surface area contributed by atoms with E-state index in [4.69, 9.17) is 9.26 Å². The number of likely N-dealkylation sites (tertiary alicyclic amines) is 1. The second kappa shape index (κ2) is 6.69. The van der Waals surface area contributed by atoms with Crippen LogP contribution in [0.2, 0.25) is 0 Å². The molecule has 2 unspecified atom stereocenters. The van der Waals surface area contributed by atoms with Crippen LogP contribution in [0.25, 0.3) is 0 Å². The third-order valence-electron chi connectivity index (χ3n) is 3.49. The molecule has 1 aliphatic heterocycles. The molecule has 1 aromatic rings. The van der Waals surface area contributed by atoms with E-state index in [2.05, 4.69) is 10.1 Å². The highest BCUT2D eigenvalue weighted by atomic mass is 16.6. The molecule has 2 rings (SSSR count). The minimum atomic E-state index is -0.609. The van der Waals surface area contributed by atoms with E-state index in [0.717, 1.165) is 12.8 Å². The summed E-state index contributed by atoms with van der Waals surface area (Å²) < 4.78 is 10.3. The van der Waals surface area contributed by atoms with Crippen LogP contribution in [0.1, 0.15) is 57.3 Å². The van der Waals surface area contributed by atoms with Gasteiger partial charge >= 0.3 is 5.97 Å². The topological polar surface area (TPSA) is 85.5 Å². The van der Waals surface area contributed by atoms with Gasteiger partial charge in [0.25, 0.3) is 5.89 Å². The highest BCUT2D eigenvalue weighted by Gasteiger charge is 2.36. The van der Waals surface area contributed by atoms with E-state index in [1.165, 1.54) is 0 Å². The first-order chi connectivity index (χ1) is 10.0. The Bertz CT molecular complexity index is 514. The van der Waals surface area contributed by atoms with Crippen molar-refractivity contribution < 1.29 is 18.8 Å². The Morgan fingerprint density at radius 2 is 2.29 bits per heavy atom. The molecule has 2 heterocycles. The van der Waals surface area contributed by atoms with Gasteiger partial charge in [-0.1, -0.05) is 12.1 Å². The maximum atomic E-state index is 12.2. The molecule has 1 amide bonds. The maximum Gasteiger partial charge on any atom is 0.329 e. The summed E-state index contributed by atoms with van der Waals surface area (Å²) in [7, 11) is 0. The number of aromatic nitrogens is 2. The second-order valence-electron chi connectivity index (χ2n) is 5.25. The molecule has 1 fully saturated rings. The van der Waals surface area contributed by atoms with Gasteiger partial charge in [0, 0.05) is 13.0 Å². The normalized spacial score (nSPS) is 19.6. The molecule has 7 heteroatoms. The molecule has 0 spiro atoms. The van der Waals surface area contributed by atoms with E-state index in [1.807, 2.05) is 6.92 Å². The third kappa shape index (κ3) is 3.59. The number of hydrogen-bond donors (Lipinski definition) is 0. The first-order valence-corrected chi connectivity index (χ1v) is 7.33. The monoisotopic (exact) mass is 295 g/mol. The van der Waals surface area contributed by atoms with Gasteiger partial charge in [-0.25, -0.2) is 4.79 Å². The summed E-state index contributed by atoms with van der Waals surface area (Å²) in [5, 5.41) is 3.67. The highest BCUT2D eigenvalue weighted by Crippen LogP contribution is 2.23. The Balaban J connectivity index is 1.97. The first-order valence-electron chi connectivity index (χ1n) is 7.33. The zero-order valence-corrected chi connectivity index (χ0v) is 12.7. The summed E-state index contributed by atoms with van der Waals surface area (Å²) in [6.07, 6.45) is 2.09. The molecule has 7 nitrogen and oxygen atoms in total. The van der Waals surface area contributed by atoms with Gasteiger partial charge in [0.2, 0.25) is 5.91 Å². The Morgan fingerprint density at radius 1 is 1.52 bits per heavy atom. The molecule has 0 saturated carbocycles. The van der Waals surface area contributed by atoms with Crippen molar-refractivity contribution in [1.82, 2.24) is 15.0 Å². The Labute approximate surface area is 123 Å². The number of rotatable bonds is 5. The molecule has 2 atom stereocenters. The maximum absolute atomic E-state index is 12.2. The van der Waals surface area contributed by atoms with Gasteiger partial charge in [0.05, 0.1) is 0 Å². The molecule has 1 saturated heterocycles. The molecule has 1 aromatic heterocycles. The molecule has 0 radical (unpaired) electrons. The van der Waals surface area contributed by atoms with Crippen molar-refractivity contribution in [3.63, 3.8) is 0 Å². The van der Waals surface area contributed by atoms with Crippen molar-refractivity contribution in [2.75, 3.05) is 6.54 Å². The lowest BCUT2D eigenvalue weighted by molar-refractivity contribution is -0.158. The lowest BCUT2D eigenvalue weighted by Gasteiger charge is -2.24. The third-order valence-corrected chi connectivity index (χ3v) is 3.49. The van der Waals surface area contributed by atoms with Crippen LogP contribution in [0, 0.1) is 6.92 Å². The number of hydrogen-bond acceptors (Lipinski definition) is 6. The number of carbonyl (C=O) groups excluding carboxylic acids is 2. The number of ether oxygens (including phenoxy) is 1. The Morgan fingerprint density at radius 3 is 2.90 bits per heavy atom. The highest BCUT2D eigenvalue weighted by molar-refractivity contribution is 5.85. The van der Waals surface area contributed by atoms with E-state index in [0.29, 0.717) is 25.2 Å². The van der Waals surface area contributed by atoms with Gasteiger partial charge in [-0.2, -0.15) is 4.98 Å². The van der Waals surface area contributed by atoms with Crippen molar-refractivity contribution >= 4 is 11.9 Å². The summed E-state index contributed by atoms with van der Waals surface area (Å²) >= 11 is 0. The summed E-state index contributed by atoms with van der Waals surface area (Å²) in [6, 6.07) is -0.490. The largest absolute Gasteiger partial charge is 0.451 e. The van der Waals surface area contributed by atoms with Crippen molar-refractivity contribution in [2.45, 2.75) is 58.6 Å². The average molecular weight is 295 g/mol. The van der Waals surface area contributed by atoms with E-state index >= 15 is 0 Å². The molecular formula is C14H21N3O4. The standard InChI is InChI=1S/C14H21N3O4/c1-4-6-12(18)17-8-5-7-11(17)14(19)20-9(2)13-15-10(3)16-21-13/h9,11H,4-8H2,1-3H3. The van der Waals surface area contributed by atoms with Gasteiger partial charge < -0.3 is 14.2 Å². The van der Waals surface area contributed by atoms with Gasteiger partial charge in [-0.3, -0.25) is 4.79 Å². The van der Waals surface area contributed by atoms with E-state index in [9.17, 15) is 9.59 Å². The summed E-state index contributed by atoms with van der Waals surface area (Å²) in [6.45, 7) is 5.94. The van der Waals surface area contributed by atoms with Crippen molar-refractivity contribution in [2.24, 2.45) is 0 Å². The minimum absolute atomic E-state index is 0.0123. The van der Waals surface area contributed by atoms with E-state index in [-0.39, 0.29) is 11.8 Å². The van der Waals surface area contributed by atoms with Crippen LogP contribution in [-0.4, -0.2) is 39.5 Å². The number of carbonyl (C=O) groups is 2. The SMILES string of the molecule is CCCC(=O)N1CCCC1C(=O)OC(C)c1nc(C)no1. The molecular weight excluding hydrogens is 274 g/mol. The van der Waals surface area contributed by atoms with Crippen molar-refractivity contribution in [3.8, 4) is 0 Å². The average Bonchev–Trinajstić information content (AvgIpc) is 3.07. The summed E-state index contributed by atoms with van der Waals surface area (Å²) in [5.74, 6) is 0.373. The fourth-order valence-corrected chi connectivity index (χ4v) is 2.45. The van der Waals surface area contributed by atoms with Crippen molar-refractivity contribution in [1.29, 1.82) is 0 Å². The first kappa shape index (κ1) is 15.5. The van der Waals surface area contributed by atoms with Crippen LogP contribution < -0.4 is 0 Å². The molecule has 116 valence electrons. The minimum Gasteiger partial charge on any atom is -0.451 e. The van der Waals surface area contributed by atoms with Crippen LogP contribution >= 0.6 is 0 Å². The number of aryl methyl sites for hydroxylation is 1. The summed E-state index contributed by atoms with van der Waals surface area (Å²) in [4.78, 5) is 29.9. The molecule has 0 bridgehead atoms. The van der Waals surface area contributed by atoms with E-state index < -0.39 is 18.1 Å². The second-order valence-corrected chi connectivity index (χ2v) is 5.25. The lowest BCUT2D eigenvalue weighted by Crippen LogP contribution is -2.41. The van der Waals surface area contributed by atoms with Gasteiger partial charge in [-0.05, 0) is 33.1 Å². The fraction of sp³-hybridized carbons (Fsp3) is 0.714. The van der Waals surface area contributed by atoms with Crippen LogP contribution in [0.5, 0.6) is 0 Å². The number of amides is 1. The van der Waals surface area contributed by atoms with Crippen LogP contribution in [-0.2, 0) is 14.3 Å². The molecule has 0 aliphatic carbocycles. The molecule has 21 heavy (non-hydrogen) atoms. The smallest absolute Gasteiger partial charge is 0.329 e. The fourth-order valence-electron chi connectivity index (χ4n) is 2.45. The van der Waals surface area contributed by atoms with Gasteiger partial charge in [0.1, 0.15) is 6.04 Å².